The number of furan rings is 1. The average Bonchev–Trinajstić information content (AvgIpc) is 2.73. The number of hydrogen-bond acceptors (Lipinski definition) is 3. The van der Waals surface area contributed by atoms with Crippen molar-refractivity contribution in [3.63, 3.8) is 0 Å². The molecule has 4 nitrogen and oxygen atoms in total. The molecule has 74 valence electrons. The van der Waals surface area contributed by atoms with Crippen LogP contribution in [0.3, 0.4) is 0 Å². The first-order chi connectivity index (χ1) is 6.70. The molecule has 0 aromatic carbocycles. The Morgan fingerprint density at radius 1 is 1.50 bits per heavy atom. The second kappa shape index (κ2) is 3.31. The van der Waals surface area contributed by atoms with Crippen molar-refractivity contribution in [3.8, 4) is 0 Å². The van der Waals surface area contributed by atoms with E-state index in [9.17, 15) is 0 Å². The zero-order chi connectivity index (χ0) is 10.1. The van der Waals surface area contributed by atoms with Gasteiger partial charge >= 0.3 is 0 Å². The van der Waals surface area contributed by atoms with Crippen LogP contribution in [0, 0.1) is 6.92 Å². The van der Waals surface area contributed by atoms with Gasteiger partial charge < -0.3 is 10.2 Å². The van der Waals surface area contributed by atoms with E-state index < -0.39 is 0 Å². The van der Waals surface area contributed by atoms with Gasteiger partial charge in [0.1, 0.15) is 5.76 Å². The van der Waals surface area contributed by atoms with Gasteiger partial charge in [-0.3, -0.25) is 4.68 Å². The van der Waals surface area contributed by atoms with Crippen molar-refractivity contribution in [1.82, 2.24) is 9.78 Å². The highest BCUT2D eigenvalue weighted by Gasteiger charge is 2.15. The summed E-state index contributed by atoms with van der Waals surface area (Å²) < 4.78 is 6.99. The highest BCUT2D eigenvalue weighted by Crippen LogP contribution is 2.22. The predicted octanol–water partition coefficient (Wildman–Crippen LogP) is 1.37. The van der Waals surface area contributed by atoms with Crippen molar-refractivity contribution >= 4 is 0 Å². The summed E-state index contributed by atoms with van der Waals surface area (Å²) in [6.07, 6.45) is 3.39. The molecule has 0 radical (unpaired) electrons. The van der Waals surface area contributed by atoms with Crippen molar-refractivity contribution in [2.45, 2.75) is 13.0 Å². The van der Waals surface area contributed by atoms with E-state index in [-0.39, 0.29) is 6.04 Å². The monoisotopic (exact) mass is 191 g/mol. The molecule has 0 saturated carbocycles. The van der Waals surface area contributed by atoms with Crippen molar-refractivity contribution in [2.24, 2.45) is 12.8 Å². The third-order valence-corrected chi connectivity index (χ3v) is 2.41. The Morgan fingerprint density at radius 2 is 2.29 bits per heavy atom. The van der Waals surface area contributed by atoms with Crippen LogP contribution in [0.2, 0.25) is 0 Å². The lowest BCUT2D eigenvalue weighted by atomic mass is 10.1. The summed E-state index contributed by atoms with van der Waals surface area (Å²) in [6.45, 7) is 1.91. The van der Waals surface area contributed by atoms with Crippen LogP contribution in [0.15, 0.2) is 29.0 Å². The van der Waals surface area contributed by atoms with Crippen LogP contribution in [0.25, 0.3) is 0 Å². The molecule has 4 heteroatoms. The lowest BCUT2D eigenvalue weighted by Crippen LogP contribution is -2.16. The van der Waals surface area contributed by atoms with Crippen LogP contribution in [0.5, 0.6) is 0 Å². The fraction of sp³-hybridized carbons (Fsp3) is 0.300. The Balaban J connectivity index is 2.38. The first-order valence-electron chi connectivity index (χ1n) is 4.47. The molecule has 0 bridgehead atoms. The normalized spacial score (nSPS) is 13.1. The van der Waals surface area contributed by atoms with Crippen LogP contribution in [0.4, 0.5) is 0 Å². The molecule has 2 N–H and O–H groups in total. The number of nitrogens with zero attached hydrogens (tertiary/aromatic N) is 2. The Morgan fingerprint density at radius 3 is 2.79 bits per heavy atom. The third kappa shape index (κ3) is 1.33. The third-order valence-electron chi connectivity index (χ3n) is 2.41. The van der Waals surface area contributed by atoms with Gasteiger partial charge in [0.25, 0.3) is 0 Å². The lowest BCUT2D eigenvalue weighted by Gasteiger charge is -2.10. The van der Waals surface area contributed by atoms with E-state index in [1.807, 2.05) is 26.1 Å². The summed E-state index contributed by atoms with van der Waals surface area (Å²) in [5, 5.41) is 4.08. The molecule has 14 heavy (non-hydrogen) atoms. The van der Waals surface area contributed by atoms with Gasteiger partial charge in [-0.25, -0.2) is 0 Å². The summed E-state index contributed by atoms with van der Waals surface area (Å²) in [4.78, 5) is 0. The zero-order valence-electron chi connectivity index (χ0n) is 8.27. The minimum Gasteiger partial charge on any atom is -0.469 e. The summed E-state index contributed by atoms with van der Waals surface area (Å²) in [5.74, 6) is 0.860. The molecular formula is C10H13N3O. The molecule has 0 aliphatic heterocycles. The number of hydrogen-bond donors (Lipinski definition) is 1. The van der Waals surface area contributed by atoms with Crippen LogP contribution in [0.1, 0.15) is 23.1 Å². The number of aryl methyl sites for hydroxylation is 2. The maximum atomic E-state index is 6.09. The average molecular weight is 191 g/mol. The Hall–Kier alpha value is -1.55. The van der Waals surface area contributed by atoms with Crippen LogP contribution in [-0.2, 0) is 7.05 Å². The standard InChI is InChI=1S/C10H13N3O/c1-7-8(4-6-14-7)10(11)9-3-5-12-13(9)2/h3-6,10H,11H2,1-2H3. The maximum Gasteiger partial charge on any atom is 0.105 e. The molecule has 2 heterocycles. The van der Waals surface area contributed by atoms with E-state index >= 15 is 0 Å². The second-order valence-electron chi connectivity index (χ2n) is 3.29. The van der Waals surface area contributed by atoms with Crippen molar-refractivity contribution in [2.75, 3.05) is 0 Å². The van der Waals surface area contributed by atoms with E-state index in [2.05, 4.69) is 5.10 Å². The number of nitrogens with two attached hydrogens (primary N) is 1. The van der Waals surface area contributed by atoms with E-state index in [1.54, 1.807) is 17.1 Å². The van der Waals surface area contributed by atoms with E-state index in [4.69, 9.17) is 10.2 Å². The van der Waals surface area contributed by atoms with Gasteiger partial charge in [0.05, 0.1) is 18.0 Å². The number of aromatic nitrogens is 2. The van der Waals surface area contributed by atoms with Gasteiger partial charge in [-0.2, -0.15) is 5.10 Å². The maximum absolute atomic E-state index is 6.09. The second-order valence-corrected chi connectivity index (χ2v) is 3.29. The largest absolute Gasteiger partial charge is 0.469 e. The summed E-state index contributed by atoms with van der Waals surface area (Å²) in [7, 11) is 1.88. The van der Waals surface area contributed by atoms with Gasteiger partial charge in [0.2, 0.25) is 0 Å². The highest BCUT2D eigenvalue weighted by atomic mass is 16.3. The van der Waals surface area contributed by atoms with Gasteiger partial charge in [-0.1, -0.05) is 0 Å². The summed E-state index contributed by atoms with van der Waals surface area (Å²) >= 11 is 0. The Bertz CT molecular complexity index is 390. The van der Waals surface area contributed by atoms with Crippen LogP contribution < -0.4 is 5.73 Å². The first-order valence-corrected chi connectivity index (χ1v) is 4.47. The van der Waals surface area contributed by atoms with Crippen molar-refractivity contribution in [3.05, 3.63) is 41.6 Å². The smallest absolute Gasteiger partial charge is 0.105 e. The molecule has 2 aromatic heterocycles. The summed E-state index contributed by atoms with van der Waals surface area (Å²) in [6, 6.07) is 3.64. The Labute approximate surface area is 82.3 Å². The minimum atomic E-state index is -0.166. The highest BCUT2D eigenvalue weighted by molar-refractivity contribution is 5.28. The van der Waals surface area contributed by atoms with Crippen LogP contribution >= 0.6 is 0 Å². The zero-order valence-corrected chi connectivity index (χ0v) is 8.27. The number of rotatable bonds is 2. The molecule has 0 amide bonds. The predicted molar refractivity (Wildman–Crippen MR) is 52.7 cm³/mol. The quantitative estimate of drug-likeness (QED) is 0.780. The first kappa shape index (κ1) is 9.02. The minimum absolute atomic E-state index is 0.166. The van der Waals surface area contributed by atoms with E-state index in [0.717, 1.165) is 17.0 Å². The van der Waals surface area contributed by atoms with Gasteiger partial charge in [0, 0.05) is 18.8 Å². The molecule has 0 spiro atoms. The molecular weight excluding hydrogens is 178 g/mol. The fourth-order valence-electron chi connectivity index (χ4n) is 1.57. The molecule has 2 aromatic rings. The van der Waals surface area contributed by atoms with E-state index in [1.165, 1.54) is 0 Å². The molecule has 0 aliphatic carbocycles. The van der Waals surface area contributed by atoms with Gasteiger partial charge in [-0.15, -0.1) is 0 Å². The van der Waals surface area contributed by atoms with Gasteiger partial charge in [0.15, 0.2) is 0 Å². The molecule has 0 aliphatic rings. The summed E-state index contributed by atoms with van der Waals surface area (Å²) in [5.41, 5.74) is 8.08. The topological polar surface area (TPSA) is 57.0 Å². The van der Waals surface area contributed by atoms with E-state index in [0.29, 0.717) is 0 Å². The van der Waals surface area contributed by atoms with Crippen LogP contribution in [-0.4, -0.2) is 9.78 Å². The SMILES string of the molecule is Cc1occc1C(N)c1ccnn1C. The molecule has 1 unspecified atom stereocenters. The Kier molecular flexibility index (Phi) is 2.13. The molecule has 0 saturated heterocycles. The van der Waals surface area contributed by atoms with Crippen molar-refractivity contribution in [1.29, 1.82) is 0 Å². The molecule has 1 atom stereocenters. The molecule has 2 rings (SSSR count). The molecule has 0 fully saturated rings. The fourth-order valence-corrected chi connectivity index (χ4v) is 1.57. The van der Waals surface area contributed by atoms with Gasteiger partial charge in [-0.05, 0) is 19.1 Å². The van der Waals surface area contributed by atoms with Crippen molar-refractivity contribution < 1.29 is 4.42 Å². The lowest BCUT2D eigenvalue weighted by molar-refractivity contribution is 0.526.